The van der Waals surface area contributed by atoms with Gasteiger partial charge in [-0.05, 0) is 13.3 Å². The van der Waals surface area contributed by atoms with Gasteiger partial charge in [0.1, 0.15) is 5.60 Å². The summed E-state index contributed by atoms with van der Waals surface area (Å²) in [4.78, 5) is 10.6. The fourth-order valence-electron chi connectivity index (χ4n) is 1.02. The number of ether oxygens (including phenoxy) is 1. The summed E-state index contributed by atoms with van der Waals surface area (Å²) >= 11 is 5.65. The number of carbonyl (C=O) groups excluding carboxylic acids is 1. The van der Waals surface area contributed by atoms with Crippen molar-refractivity contribution in [2.24, 2.45) is 0 Å². The van der Waals surface area contributed by atoms with Gasteiger partial charge in [0.25, 0.3) is 0 Å². The Morgan fingerprint density at radius 1 is 1.64 bits per heavy atom. The van der Waals surface area contributed by atoms with Gasteiger partial charge in [0.2, 0.25) is 0 Å². The maximum atomic E-state index is 10.6. The topological polar surface area (TPSA) is 26.3 Å². The van der Waals surface area contributed by atoms with E-state index in [0.717, 1.165) is 12.8 Å². The molecule has 0 aliphatic carbocycles. The Labute approximate surface area is 72.9 Å². The first-order valence-electron chi connectivity index (χ1n) is 3.79. The van der Waals surface area contributed by atoms with Crippen LogP contribution in [0.25, 0.3) is 0 Å². The molecule has 0 saturated heterocycles. The van der Waals surface area contributed by atoms with Crippen molar-refractivity contribution in [1.29, 1.82) is 0 Å². The zero-order valence-electron chi connectivity index (χ0n) is 7.32. The number of carbonyl (C=O) groups is 1. The molecule has 2 nitrogen and oxygen atoms in total. The van der Waals surface area contributed by atoms with E-state index in [1.54, 1.807) is 0 Å². The number of esters is 1. The quantitative estimate of drug-likeness (QED) is 0.488. The van der Waals surface area contributed by atoms with Gasteiger partial charge in [-0.1, -0.05) is 13.3 Å². The third-order valence-corrected chi connectivity index (χ3v) is 2.02. The maximum absolute atomic E-state index is 10.6. The highest BCUT2D eigenvalue weighted by Crippen LogP contribution is 2.19. The predicted molar refractivity (Wildman–Crippen MR) is 45.8 cm³/mol. The van der Waals surface area contributed by atoms with E-state index in [2.05, 4.69) is 0 Å². The van der Waals surface area contributed by atoms with Gasteiger partial charge in [-0.15, -0.1) is 11.6 Å². The summed E-state index contributed by atoms with van der Waals surface area (Å²) in [6.07, 6.45) is 1.78. The van der Waals surface area contributed by atoms with Crippen LogP contribution >= 0.6 is 11.6 Å². The Morgan fingerprint density at radius 2 is 2.18 bits per heavy atom. The molecule has 0 aromatic carbocycles. The first kappa shape index (κ1) is 10.8. The lowest BCUT2D eigenvalue weighted by Gasteiger charge is -2.25. The largest absolute Gasteiger partial charge is 0.458 e. The third-order valence-electron chi connectivity index (χ3n) is 1.45. The molecule has 0 bridgehead atoms. The summed E-state index contributed by atoms with van der Waals surface area (Å²) in [6, 6.07) is 0. The highest BCUT2D eigenvalue weighted by atomic mass is 35.5. The standard InChI is InChI=1S/C8H15ClO2/c1-4-5-8(3,6-9)11-7(2)10/h4-6H2,1-3H3. The van der Waals surface area contributed by atoms with Crippen molar-refractivity contribution in [2.45, 2.75) is 39.2 Å². The van der Waals surface area contributed by atoms with Crippen molar-refractivity contribution in [3.8, 4) is 0 Å². The first-order valence-corrected chi connectivity index (χ1v) is 4.33. The van der Waals surface area contributed by atoms with E-state index in [9.17, 15) is 4.79 Å². The molecular weight excluding hydrogens is 164 g/mol. The van der Waals surface area contributed by atoms with Crippen LogP contribution in [0.3, 0.4) is 0 Å². The van der Waals surface area contributed by atoms with Crippen molar-refractivity contribution in [3.05, 3.63) is 0 Å². The minimum absolute atomic E-state index is 0.262. The Bertz CT molecular complexity index is 136. The molecule has 0 aliphatic rings. The molecule has 1 unspecified atom stereocenters. The molecular formula is C8H15ClO2. The minimum atomic E-state index is -0.470. The molecule has 0 amide bonds. The van der Waals surface area contributed by atoms with Crippen LogP contribution in [0.1, 0.15) is 33.6 Å². The molecule has 0 spiro atoms. The van der Waals surface area contributed by atoms with Crippen molar-refractivity contribution in [1.82, 2.24) is 0 Å². The molecule has 0 aromatic heterocycles. The van der Waals surface area contributed by atoms with E-state index in [1.807, 2.05) is 13.8 Å². The molecule has 0 N–H and O–H groups in total. The second-order valence-electron chi connectivity index (χ2n) is 2.93. The minimum Gasteiger partial charge on any atom is -0.458 e. The zero-order valence-corrected chi connectivity index (χ0v) is 8.07. The van der Waals surface area contributed by atoms with Crippen LogP contribution in [-0.4, -0.2) is 17.5 Å². The maximum Gasteiger partial charge on any atom is 0.303 e. The highest BCUT2D eigenvalue weighted by molar-refractivity contribution is 6.18. The molecule has 0 fully saturated rings. The number of rotatable bonds is 4. The molecule has 3 heteroatoms. The second kappa shape index (κ2) is 4.60. The van der Waals surface area contributed by atoms with Gasteiger partial charge in [0, 0.05) is 6.92 Å². The van der Waals surface area contributed by atoms with Gasteiger partial charge in [0.15, 0.2) is 0 Å². The zero-order chi connectivity index (χ0) is 8.91. The van der Waals surface area contributed by atoms with Crippen LogP contribution in [0.5, 0.6) is 0 Å². The lowest BCUT2D eigenvalue weighted by Crippen LogP contribution is -2.32. The van der Waals surface area contributed by atoms with Gasteiger partial charge in [-0.3, -0.25) is 4.79 Å². The van der Waals surface area contributed by atoms with E-state index in [1.165, 1.54) is 6.92 Å². The summed E-state index contributed by atoms with van der Waals surface area (Å²) < 4.78 is 5.06. The Hall–Kier alpha value is -0.240. The van der Waals surface area contributed by atoms with Crippen LogP contribution in [0.2, 0.25) is 0 Å². The van der Waals surface area contributed by atoms with Crippen LogP contribution in [-0.2, 0) is 9.53 Å². The Kier molecular flexibility index (Phi) is 4.50. The van der Waals surface area contributed by atoms with E-state index in [-0.39, 0.29) is 5.97 Å². The molecule has 0 saturated carbocycles. The average Bonchev–Trinajstić information content (AvgIpc) is 1.87. The van der Waals surface area contributed by atoms with E-state index in [4.69, 9.17) is 16.3 Å². The van der Waals surface area contributed by atoms with Crippen LogP contribution < -0.4 is 0 Å². The van der Waals surface area contributed by atoms with Crippen molar-refractivity contribution in [2.75, 3.05) is 5.88 Å². The van der Waals surface area contributed by atoms with Crippen molar-refractivity contribution < 1.29 is 9.53 Å². The number of hydrogen-bond donors (Lipinski definition) is 0. The van der Waals surface area contributed by atoms with Gasteiger partial charge in [-0.2, -0.15) is 0 Å². The first-order chi connectivity index (χ1) is 5.04. The molecule has 0 rings (SSSR count). The summed E-state index contributed by atoms with van der Waals surface area (Å²) in [7, 11) is 0. The van der Waals surface area contributed by atoms with Crippen LogP contribution in [0.15, 0.2) is 0 Å². The summed E-state index contributed by atoms with van der Waals surface area (Å²) in [6.45, 7) is 5.29. The molecule has 1 atom stereocenters. The van der Waals surface area contributed by atoms with Crippen molar-refractivity contribution >= 4 is 17.6 Å². The number of halogens is 1. The number of alkyl halides is 1. The molecule has 11 heavy (non-hydrogen) atoms. The average molecular weight is 179 g/mol. The Morgan fingerprint density at radius 3 is 2.45 bits per heavy atom. The molecule has 0 aliphatic heterocycles. The smallest absolute Gasteiger partial charge is 0.303 e. The Balaban J connectivity index is 3.98. The fourth-order valence-corrected chi connectivity index (χ4v) is 1.21. The SMILES string of the molecule is CCCC(C)(CCl)OC(C)=O. The van der Waals surface area contributed by atoms with Crippen molar-refractivity contribution in [3.63, 3.8) is 0 Å². The summed E-state index contributed by atoms with van der Waals surface area (Å²) in [5.74, 6) is 0.0991. The lowest BCUT2D eigenvalue weighted by molar-refractivity contribution is -0.153. The summed E-state index contributed by atoms with van der Waals surface area (Å²) in [5.41, 5.74) is -0.470. The van der Waals surface area contributed by atoms with E-state index < -0.39 is 5.60 Å². The summed E-state index contributed by atoms with van der Waals surface area (Å²) in [5, 5.41) is 0. The van der Waals surface area contributed by atoms with Gasteiger partial charge in [-0.25, -0.2) is 0 Å². The molecule has 66 valence electrons. The van der Waals surface area contributed by atoms with E-state index in [0.29, 0.717) is 5.88 Å². The van der Waals surface area contributed by atoms with E-state index >= 15 is 0 Å². The second-order valence-corrected chi connectivity index (χ2v) is 3.19. The van der Waals surface area contributed by atoms with Gasteiger partial charge < -0.3 is 4.74 Å². The molecule has 0 aromatic rings. The fraction of sp³-hybridized carbons (Fsp3) is 0.875. The highest BCUT2D eigenvalue weighted by Gasteiger charge is 2.24. The van der Waals surface area contributed by atoms with Gasteiger partial charge in [0.05, 0.1) is 5.88 Å². The third kappa shape index (κ3) is 4.25. The molecule has 0 heterocycles. The van der Waals surface area contributed by atoms with Crippen LogP contribution in [0, 0.1) is 0 Å². The lowest BCUT2D eigenvalue weighted by atomic mass is 10.0. The molecule has 0 radical (unpaired) electrons. The monoisotopic (exact) mass is 178 g/mol. The number of hydrogen-bond acceptors (Lipinski definition) is 2. The van der Waals surface area contributed by atoms with Crippen LogP contribution in [0.4, 0.5) is 0 Å². The predicted octanol–water partition coefficient (Wildman–Crippen LogP) is 2.35. The van der Waals surface area contributed by atoms with Gasteiger partial charge >= 0.3 is 5.97 Å². The normalized spacial score (nSPS) is 15.6.